The van der Waals surface area contributed by atoms with Gasteiger partial charge in [0, 0.05) is 39.1 Å². The molecule has 6 heteroatoms. The third-order valence-corrected chi connectivity index (χ3v) is 4.84. The van der Waals surface area contributed by atoms with E-state index in [4.69, 9.17) is 4.98 Å². The SMILES string of the molecule is CCCN1CCN(c2ncnc3c2nc2n3CCCC2)CC1. The molecule has 0 aliphatic carbocycles. The van der Waals surface area contributed by atoms with Crippen molar-refractivity contribution in [3.63, 3.8) is 0 Å². The molecular weight excluding hydrogens is 276 g/mol. The fraction of sp³-hybridized carbons (Fsp3) is 0.688. The fourth-order valence-electron chi connectivity index (χ4n) is 3.68. The van der Waals surface area contributed by atoms with Crippen LogP contribution in [0, 0.1) is 0 Å². The molecule has 0 unspecified atom stereocenters. The van der Waals surface area contributed by atoms with Crippen LogP contribution >= 0.6 is 0 Å². The fourth-order valence-corrected chi connectivity index (χ4v) is 3.68. The van der Waals surface area contributed by atoms with Gasteiger partial charge in [-0.15, -0.1) is 0 Å². The van der Waals surface area contributed by atoms with E-state index in [0.717, 1.165) is 56.1 Å². The number of rotatable bonds is 3. The Bertz CT molecular complexity index is 656. The highest BCUT2D eigenvalue weighted by molar-refractivity contribution is 5.84. The zero-order valence-electron chi connectivity index (χ0n) is 13.3. The Morgan fingerprint density at radius 3 is 2.73 bits per heavy atom. The monoisotopic (exact) mass is 300 g/mol. The molecule has 0 spiro atoms. The van der Waals surface area contributed by atoms with Gasteiger partial charge in [-0.2, -0.15) is 0 Å². The number of aryl methyl sites for hydroxylation is 2. The van der Waals surface area contributed by atoms with Crippen molar-refractivity contribution in [1.29, 1.82) is 0 Å². The highest BCUT2D eigenvalue weighted by Crippen LogP contribution is 2.27. The molecule has 0 bridgehead atoms. The van der Waals surface area contributed by atoms with E-state index in [0.29, 0.717) is 0 Å². The highest BCUT2D eigenvalue weighted by atomic mass is 15.3. The molecule has 0 saturated carbocycles. The van der Waals surface area contributed by atoms with E-state index in [1.165, 1.54) is 31.6 Å². The molecule has 0 aromatic carbocycles. The zero-order valence-corrected chi connectivity index (χ0v) is 13.3. The first kappa shape index (κ1) is 13.9. The summed E-state index contributed by atoms with van der Waals surface area (Å²) in [6.45, 7) is 8.80. The topological polar surface area (TPSA) is 50.1 Å². The van der Waals surface area contributed by atoms with Gasteiger partial charge in [-0.1, -0.05) is 6.92 Å². The van der Waals surface area contributed by atoms with Crippen molar-refractivity contribution in [2.24, 2.45) is 0 Å². The van der Waals surface area contributed by atoms with Crippen molar-refractivity contribution in [2.75, 3.05) is 37.6 Å². The molecule has 2 aliphatic heterocycles. The predicted molar refractivity (Wildman–Crippen MR) is 87.2 cm³/mol. The van der Waals surface area contributed by atoms with E-state index >= 15 is 0 Å². The van der Waals surface area contributed by atoms with E-state index in [2.05, 4.69) is 31.3 Å². The number of hydrogen-bond acceptors (Lipinski definition) is 5. The van der Waals surface area contributed by atoms with E-state index in [1.54, 1.807) is 6.33 Å². The third kappa shape index (κ3) is 2.35. The van der Waals surface area contributed by atoms with Gasteiger partial charge in [-0.05, 0) is 25.8 Å². The Hall–Kier alpha value is -1.69. The van der Waals surface area contributed by atoms with Gasteiger partial charge >= 0.3 is 0 Å². The van der Waals surface area contributed by atoms with Gasteiger partial charge < -0.3 is 9.47 Å². The maximum atomic E-state index is 4.87. The van der Waals surface area contributed by atoms with Crippen molar-refractivity contribution >= 4 is 17.0 Å². The third-order valence-electron chi connectivity index (χ3n) is 4.84. The van der Waals surface area contributed by atoms with Gasteiger partial charge in [-0.3, -0.25) is 4.90 Å². The molecular formula is C16H24N6. The standard InChI is InChI=1S/C16H24N6/c1-2-6-20-8-10-21(11-9-20)15-14-16(18-12-17-15)22-7-4-3-5-13(22)19-14/h12H,2-11H2,1H3. The summed E-state index contributed by atoms with van der Waals surface area (Å²) >= 11 is 0. The van der Waals surface area contributed by atoms with Crippen LogP contribution in [0.5, 0.6) is 0 Å². The van der Waals surface area contributed by atoms with Crippen LogP contribution in [0.2, 0.25) is 0 Å². The largest absolute Gasteiger partial charge is 0.352 e. The molecule has 4 rings (SSSR count). The first-order chi connectivity index (χ1) is 10.9. The number of piperazine rings is 1. The average Bonchev–Trinajstić information content (AvgIpc) is 2.95. The summed E-state index contributed by atoms with van der Waals surface area (Å²) in [5.41, 5.74) is 2.03. The second kappa shape index (κ2) is 5.83. The van der Waals surface area contributed by atoms with Gasteiger partial charge in [-0.25, -0.2) is 15.0 Å². The summed E-state index contributed by atoms with van der Waals surface area (Å²) in [4.78, 5) is 18.9. The van der Waals surface area contributed by atoms with Crippen molar-refractivity contribution in [2.45, 2.75) is 39.2 Å². The van der Waals surface area contributed by atoms with Gasteiger partial charge in [0.1, 0.15) is 12.2 Å². The van der Waals surface area contributed by atoms with Crippen LogP contribution in [-0.2, 0) is 13.0 Å². The molecule has 4 heterocycles. The lowest BCUT2D eigenvalue weighted by molar-refractivity contribution is 0.258. The second-order valence-corrected chi connectivity index (χ2v) is 6.33. The second-order valence-electron chi connectivity index (χ2n) is 6.33. The van der Waals surface area contributed by atoms with Gasteiger partial charge in [0.05, 0.1) is 0 Å². The number of nitrogens with zero attached hydrogens (tertiary/aromatic N) is 6. The maximum Gasteiger partial charge on any atom is 0.165 e. The molecule has 0 radical (unpaired) electrons. The minimum absolute atomic E-state index is 1.00. The van der Waals surface area contributed by atoms with E-state index < -0.39 is 0 Å². The zero-order chi connectivity index (χ0) is 14.9. The number of imidazole rings is 1. The number of anilines is 1. The van der Waals surface area contributed by atoms with Crippen LogP contribution in [0.15, 0.2) is 6.33 Å². The van der Waals surface area contributed by atoms with Crippen LogP contribution in [0.1, 0.15) is 32.0 Å². The Morgan fingerprint density at radius 2 is 1.91 bits per heavy atom. The summed E-state index contributed by atoms with van der Waals surface area (Å²) in [7, 11) is 0. The van der Waals surface area contributed by atoms with Crippen molar-refractivity contribution in [3.05, 3.63) is 12.2 Å². The highest BCUT2D eigenvalue weighted by Gasteiger charge is 2.23. The van der Waals surface area contributed by atoms with Crippen LogP contribution in [0.25, 0.3) is 11.2 Å². The van der Waals surface area contributed by atoms with Crippen LogP contribution in [-0.4, -0.2) is 57.1 Å². The van der Waals surface area contributed by atoms with Crippen LogP contribution in [0.4, 0.5) is 5.82 Å². The molecule has 2 aliphatic rings. The van der Waals surface area contributed by atoms with Crippen LogP contribution < -0.4 is 4.90 Å². The molecule has 1 saturated heterocycles. The van der Waals surface area contributed by atoms with E-state index in [9.17, 15) is 0 Å². The Labute approximate surface area is 131 Å². The van der Waals surface area contributed by atoms with E-state index in [1.807, 2.05) is 0 Å². The smallest absolute Gasteiger partial charge is 0.165 e. The summed E-state index contributed by atoms with van der Waals surface area (Å²) in [6, 6.07) is 0. The lowest BCUT2D eigenvalue weighted by Crippen LogP contribution is -2.46. The molecule has 6 nitrogen and oxygen atoms in total. The van der Waals surface area contributed by atoms with Crippen molar-refractivity contribution < 1.29 is 0 Å². The van der Waals surface area contributed by atoms with E-state index in [-0.39, 0.29) is 0 Å². The van der Waals surface area contributed by atoms with Crippen LogP contribution in [0.3, 0.4) is 0 Å². The first-order valence-corrected chi connectivity index (χ1v) is 8.54. The number of aromatic nitrogens is 4. The normalized spacial score (nSPS) is 19.6. The summed E-state index contributed by atoms with van der Waals surface area (Å²) in [5.74, 6) is 2.22. The minimum atomic E-state index is 1.00. The maximum absolute atomic E-state index is 4.87. The molecule has 118 valence electrons. The van der Waals surface area contributed by atoms with Gasteiger partial charge in [0.2, 0.25) is 0 Å². The lowest BCUT2D eigenvalue weighted by atomic mass is 10.2. The molecule has 2 aromatic rings. The molecule has 22 heavy (non-hydrogen) atoms. The first-order valence-electron chi connectivity index (χ1n) is 8.54. The van der Waals surface area contributed by atoms with Crippen molar-refractivity contribution in [1.82, 2.24) is 24.4 Å². The Kier molecular flexibility index (Phi) is 3.70. The number of hydrogen-bond donors (Lipinski definition) is 0. The summed E-state index contributed by atoms with van der Waals surface area (Å²) in [5, 5.41) is 0. The summed E-state index contributed by atoms with van der Waals surface area (Å²) in [6.07, 6.45) is 6.47. The van der Waals surface area contributed by atoms with Crippen molar-refractivity contribution in [3.8, 4) is 0 Å². The summed E-state index contributed by atoms with van der Waals surface area (Å²) < 4.78 is 2.29. The minimum Gasteiger partial charge on any atom is -0.352 e. The quantitative estimate of drug-likeness (QED) is 0.863. The Morgan fingerprint density at radius 1 is 1.05 bits per heavy atom. The molecule has 0 atom stereocenters. The molecule has 2 aromatic heterocycles. The lowest BCUT2D eigenvalue weighted by Gasteiger charge is -2.35. The van der Waals surface area contributed by atoms with Gasteiger partial charge in [0.15, 0.2) is 17.0 Å². The molecule has 0 amide bonds. The Balaban J connectivity index is 1.64. The molecule has 1 fully saturated rings. The predicted octanol–water partition coefficient (Wildman–Crippen LogP) is 1.69. The average molecular weight is 300 g/mol. The number of fused-ring (bicyclic) bond motifs is 3. The van der Waals surface area contributed by atoms with Gasteiger partial charge in [0.25, 0.3) is 0 Å². The molecule has 0 N–H and O–H groups in total.